The van der Waals surface area contributed by atoms with E-state index in [2.05, 4.69) is 5.32 Å². The number of aliphatic hydroxyl groups excluding tert-OH is 2. The largest absolute Gasteiger partial charge is 0.507 e. The Hall–Kier alpha value is -1.63. The normalized spacial score (nSPS) is 13.2. The molecular weight excluding hydrogens is 226 g/mol. The van der Waals surface area contributed by atoms with E-state index in [4.69, 9.17) is 20.4 Å². The van der Waals surface area contributed by atoms with Crippen molar-refractivity contribution in [1.29, 1.82) is 0 Å². The average molecular weight is 243 g/mol. The second-order valence-electron chi connectivity index (χ2n) is 3.34. The number of aromatic hydroxyl groups is 1. The smallest absolute Gasteiger partial charge is 0.339 e. The maximum atomic E-state index is 10.3. The molecule has 2 atom stereocenters. The highest BCUT2D eigenvalue weighted by Gasteiger charge is 2.05. The summed E-state index contributed by atoms with van der Waals surface area (Å²) in [6.45, 7) is 3.10. The van der Waals surface area contributed by atoms with E-state index in [0.717, 1.165) is 0 Å². The lowest BCUT2D eigenvalue weighted by Crippen LogP contribution is -2.33. The van der Waals surface area contributed by atoms with Crippen molar-refractivity contribution in [2.24, 2.45) is 0 Å². The predicted octanol–water partition coefficient (Wildman–Crippen LogP) is 0.343. The van der Waals surface area contributed by atoms with Crippen LogP contribution in [0.15, 0.2) is 24.3 Å². The van der Waals surface area contributed by atoms with Crippen LogP contribution in [0, 0.1) is 0 Å². The van der Waals surface area contributed by atoms with Crippen molar-refractivity contribution in [2.75, 3.05) is 0 Å². The van der Waals surface area contributed by atoms with E-state index >= 15 is 0 Å². The molecule has 0 saturated carbocycles. The van der Waals surface area contributed by atoms with Crippen molar-refractivity contribution in [3.05, 3.63) is 29.8 Å². The number of aliphatic hydroxyl groups is 2. The molecule has 0 amide bonds. The van der Waals surface area contributed by atoms with Crippen molar-refractivity contribution in [2.45, 2.75) is 26.3 Å². The molecule has 2 unspecified atom stereocenters. The van der Waals surface area contributed by atoms with Crippen molar-refractivity contribution in [3.8, 4) is 5.75 Å². The summed E-state index contributed by atoms with van der Waals surface area (Å²) >= 11 is 0. The summed E-state index contributed by atoms with van der Waals surface area (Å²) in [5.74, 6) is -1.31. The van der Waals surface area contributed by atoms with E-state index in [1.54, 1.807) is 26.0 Å². The molecule has 0 aromatic heterocycles. The first-order valence-electron chi connectivity index (χ1n) is 4.98. The van der Waals surface area contributed by atoms with E-state index in [-0.39, 0.29) is 11.3 Å². The van der Waals surface area contributed by atoms with E-state index in [0.29, 0.717) is 0 Å². The van der Waals surface area contributed by atoms with E-state index in [1.165, 1.54) is 12.1 Å². The molecule has 0 fully saturated rings. The highest BCUT2D eigenvalue weighted by atomic mass is 16.4. The molecule has 0 aliphatic carbocycles. The van der Waals surface area contributed by atoms with Crippen LogP contribution in [-0.2, 0) is 0 Å². The molecule has 0 aliphatic rings. The number of carboxylic acids is 1. The Morgan fingerprint density at radius 1 is 1.18 bits per heavy atom. The Morgan fingerprint density at radius 2 is 1.65 bits per heavy atom. The minimum absolute atomic E-state index is 0.0671. The maximum Gasteiger partial charge on any atom is 0.339 e. The Bertz CT molecular complexity index is 345. The van der Waals surface area contributed by atoms with Crippen molar-refractivity contribution in [1.82, 2.24) is 5.32 Å². The third-order valence-corrected chi connectivity index (χ3v) is 1.62. The van der Waals surface area contributed by atoms with Gasteiger partial charge in [0.15, 0.2) is 0 Å². The number of carboxylic acid groups (broad SMARTS) is 1. The highest BCUT2D eigenvalue weighted by molar-refractivity contribution is 5.90. The van der Waals surface area contributed by atoms with E-state index in [1.807, 2.05) is 0 Å². The Balaban J connectivity index is 0.000000325. The lowest BCUT2D eigenvalue weighted by molar-refractivity contribution is 0.0631. The van der Waals surface area contributed by atoms with Crippen LogP contribution in [0.3, 0.4) is 0 Å². The Labute approximate surface area is 99.2 Å². The van der Waals surface area contributed by atoms with Gasteiger partial charge in [-0.15, -0.1) is 0 Å². The molecule has 0 spiro atoms. The molecule has 0 bridgehead atoms. The van der Waals surface area contributed by atoms with Gasteiger partial charge in [0.25, 0.3) is 0 Å². The summed E-state index contributed by atoms with van der Waals surface area (Å²) in [7, 11) is 0. The molecule has 6 heteroatoms. The minimum Gasteiger partial charge on any atom is -0.507 e. The van der Waals surface area contributed by atoms with Gasteiger partial charge in [-0.1, -0.05) is 12.1 Å². The van der Waals surface area contributed by atoms with Gasteiger partial charge in [-0.05, 0) is 26.0 Å². The predicted molar refractivity (Wildman–Crippen MR) is 61.6 cm³/mol. The second-order valence-corrected chi connectivity index (χ2v) is 3.34. The number of benzene rings is 1. The van der Waals surface area contributed by atoms with Crippen molar-refractivity contribution < 1.29 is 25.2 Å². The molecule has 1 rings (SSSR count). The van der Waals surface area contributed by atoms with Crippen LogP contribution in [0.4, 0.5) is 0 Å². The van der Waals surface area contributed by atoms with Crippen LogP contribution in [-0.4, -0.2) is 38.9 Å². The van der Waals surface area contributed by atoms with Crippen molar-refractivity contribution >= 4 is 5.97 Å². The number of para-hydroxylation sites is 1. The van der Waals surface area contributed by atoms with Gasteiger partial charge in [0, 0.05) is 0 Å². The zero-order valence-corrected chi connectivity index (χ0v) is 9.66. The lowest BCUT2D eigenvalue weighted by Gasteiger charge is -2.08. The van der Waals surface area contributed by atoms with Gasteiger partial charge in [0.1, 0.15) is 23.8 Å². The molecule has 0 radical (unpaired) electrons. The molecule has 17 heavy (non-hydrogen) atoms. The summed E-state index contributed by atoms with van der Waals surface area (Å²) in [4.78, 5) is 10.3. The Kier molecular flexibility index (Phi) is 6.88. The lowest BCUT2D eigenvalue weighted by atomic mass is 10.2. The molecule has 6 nitrogen and oxygen atoms in total. The van der Waals surface area contributed by atoms with Crippen LogP contribution < -0.4 is 5.32 Å². The maximum absolute atomic E-state index is 10.3. The number of aromatic carboxylic acids is 1. The molecule has 1 aromatic rings. The van der Waals surface area contributed by atoms with Gasteiger partial charge in [-0.3, -0.25) is 5.32 Å². The molecule has 0 saturated heterocycles. The SMILES string of the molecule is CC(O)NC(C)O.O=C(O)c1ccccc1O. The van der Waals surface area contributed by atoms with Gasteiger partial charge in [-0.2, -0.15) is 0 Å². The number of hydrogen-bond acceptors (Lipinski definition) is 5. The minimum atomic E-state index is -1.11. The van der Waals surface area contributed by atoms with Gasteiger partial charge in [-0.25, -0.2) is 4.79 Å². The monoisotopic (exact) mass is 243 g/mol. The van der Waals surface area contributed by atoms with Crippen LogP contribution in [0.5, 0.6) is 5.75 Å². The molecular formula is C11H17NO5. The number of carbonyl (C=O) groups is 1. The fourth-order valence-corrected chi connectivity index (χ4v) is 1.00. The van der Waals surface area contributed by atoms with Gasteiger partial charge < -0.3 is 20.4 Å². The second kappa shape index (κ2) is 7.61. The fraction of sp³-hybridized carbons (Fsp3) is 0.364. The van der Waals surface area contributed by atoms with Gasteiger partial charge in [0.2, 0.25) is 0 Å². The van der Waals surface area contributed by atoms with Crippen LogP contribution in [0.2, 0.25) is 0 Å². The van der Waals surface area contributed by atoms with Gasteiger partial charge >= 0.3 is 5.97 Å². The fourth-order valence-electron chi connectivity index (χ4n) is 1.00. The Morgan fingerprint density at radius 3 is 1.88 bits per heavy atom. The molecule has 5 N–H and O–H groups in total. The van der Waals surface area contributed by atoms with E-state index in [9.17, 15) is 4.79 Å². The standard InChI is InChI=1S/C7H6O3.C4H11NO2/c8-6-4-2-1-3-5(6)7(9)10;1-3(6)5-4(2)7/h1-4,8H,(H,9,10);3-7H,1-2H3. The summed E-state index contributed by atoms with van der Waals surface area (Å²) in [5.41, 5.74) is -0.0671. The summed E-state index contributed by atoms with van der Waals surface area (Å²) in [6, 6.07) is 5.81. The molecule has 96 valence electrons. The summed E-state index contributed by atoms with van der Waals surface area (Å²) in [5, 5.41) is 36.6. The molecule has 0 heterocycles. The third-order valence-electron chi connectivity index (χ3n) is 1.62. The summed E-state index contributed by atoms with van der Waals surface area (Å²) in [6.07, 6.45) is -1.25. The van der Waals surface area contributed by atoms with Crippen LogP contribution in [0.1, 0.15) is 24.2 Å². The third kappa shape index (κ3) is 7.29. The highest BCUT2D eigenvalue weighted by Crippen LogP contribution is 2.14. The first-order chi connectivity index (χ1) is 7.84. The topological polar surface area (TPSA) is 110 Å². The number of hydrogen-bond donors (Lipinski definition) is 5. The quantitative estimate of drug-likeness (QED) is 0.490. The first kappa shape index (κ1) is 15.4. The zero-order valence-electron chi connectivity index (χ0n) is 9.66. The van der Waals surface area contributed by atoms with Gasteiger partial charge in [0.05, 0.1) is 0 Å². The van der Waals surface area contributed by atoms with E-state index < -0.39 is 18.4 Å². The number of nitrogens with one attached hydrogen (secondary N) is 1. The van der Waals surface area contributed by atoms with Crippen LogP contribution >= 0.6 is 0 Å². The number of phenols is 1. The zero-order chi connectivity index (χ0) is 13.4. The average Bonchev–Trinajstić information content (AvgIpc) is 2.16. The van der Waals surface area contributed by atoms with Crippen molar-refractivity contribution in [3.63, 3.8) is 0 Å². The molecule has 0 aliphatic heterocycles. The molecule has 1 aromatic carbocycles. The summed E-state index contributed by atoms with van der Waals surface area (Å²) < 4.78 is 0. The number of rotatable bonds is 3. The first-order valence-corrected chi connectivity index (χ1v) is 4.98. The van der Waals surface area contributed by atoms with Crippen LogP contribution in [0.25, 0.3) is 0 Å².